The fourth-order valence-electron chi connectivity index (χ4n) is 4.80. The van der Waals surface area contributed by atoms with E-state index in [0.717, 1.165) is 5.56 Å². The second-order valence-electron chi connectivity index (χ2n) is 10.5. The Morgan fingerprint density at radius 2 is 2.00 bits per heavy atom. The van der Waals surface area contributed by atoms with Crippen molar-refractivity contribution in [2.24, 2.45) is 0 Å². The molecule has 0 aromatic heterocycles. The summed E-state index contributed by atoms with van der Waals surface area (Å²) < 4.78 is 33.0. The van der Waals surface area contributed by atoms with Crippen LogP contribution in [0.2, 0.25) is 0 Å². The van der Waals surface area contributed by atoms with Crippen LogP contribution in [-0.4, -0.2) is 88.7 Å². The van der Waals surface area contributed by atoms with Gasteiger partial charge in [-0.15, -0.1) is 0 Å². The van der Waals surface area contributed by atoms with E-state index in [9.17, 15) is 33.7 Å². The van der Waals surface area contributed by atoms with Crippen molar-refractivity contribution in [1.82, 2.24) is 15.1 Å². The highest BCUT2D eigenvalue weighted by atomic mass is 19.3. The molecule has 9 nitrogen and oxygen atoms in total. The van der Waals surface area contributed by atoms with E-state index in [-0.39, 0.29) is 31.5 Å². The van der Waals surface area contributed by atoms with Crippen molar-refractivity contribution < 1.29 is 33.2 Å². The van der Waals surface area contributed by atoms with E-state index in [1.807, 2.05) is 12.1 Å². The smallest absolute Gasteiger partial charge is 0.444 e. The van der Waals surface area contributed by atoms with E-state index in [4.69, 9.17) is 4.74 Å². The molecule has 38 heavy (non-hydrogen) atoms. The van der Waals surface area contributed by atoms with E-state index in [0.29, 0.717) is 25.8 Å². The Morgan fingerprint density at radius 1 is 1.29 bits per heavy atom. The number of carbonyl (C=O) groups is 2. The normalized spacial score (nSPS) is 21.2. The molecule has 0 saturated carbocycles. The molecule has 3 rings (SSSR count). The van der Waals surface area contributed by atoms with Gasteiger partial charge in [-0.25, -0.2) is 13.6 Å². The molecule has 2 fully saturated rings. The zero-order valence-corrected chi connectivity index (χ0v) is 21.8. The van der Waals surface area contributed by atoms with Gasteiger partial charge in [0.05, 0.1) is 19.0 Å². The SMILES string of the molecule is CC(C)(C=C(C#N)C(=O)N1CCCC[C@H](OC(=O)N[C@@H](Cc2ccccc2)B(O)O)C1)N1CCC(F)(F)C1. The van der Waals surface area contributed by atoms with Crippen molar-refractivity contribution in [3.05, 3.63) is 47.5 Å². The van der Waals surface area contributed by atoms with Crippen molar-refractivity contribution in [2.45, 2.75) is 69.5 Å². The zero-order valence-electron chi connectivity index (χ0n) is 21.8. The number of benzene rings is 1. The van der Waals surface area contributed by atoms with Gasteiger partial charge in [0, 0.05) is 25.0 Å². The van der Waals surface area contributed by atoms with Crippen molar-refractivity contribution in [3.63, 3.8) is 0 Å². The van der Waals surface area contributed by atoms with Gasteiger partial charge in [0.1, 0.15) is 17.7 Å². The van der Waals surface area contributed by atoms with Gasteiger partial charge in [0.25, 0.3) is 11.8 Å². The maximum atomic E-state index is 13.7. The first kappa shape index (κ1) is 29.5. The molecule has 1 aromatic rings. The molecule has 2 heterocycles. The number of alkyl carbamates (subject to hydrolysis) is 1. The number of nitrogens with zero attached hydrogens (tertiary/aromatic N) is 3. The molecule has 2 aliphatic rings. The molecule has 3 N–H and O–H groups in total. The number of nitriles is 1. The van der Waals surface area contributed by atoms with Crippen LogP contribution in [0.3, 0.4) is 0 Å². The van der Waals surface area contributed by atoms with Gasteiger partial charge < -0.3 is 25.0 Å². The molecule has 0 unspecified atom stereocenters. The molecule has 2 amide bonds. The Hall–Kier alpha value is -3.01. The molecule has 0 spiro atoms. The Labute approximate surface area is 222 Å². The molecule has 0 bridgehead atoms. The van der Waals surface area contributed by atoms with Gasteiger partial charge >= 0.3 is 13.2 Å². The number of halogens is 2. The quantitative estimate of drug-likeness (QED) is 0.267. The van der Waals surface area contributed by atoms with Gasteiger partial charge in [0.15, 0.2) is 0 Å². The number of hydrogen-bond acceptors (Lipinski definition) is 7. The topological polar surface area (TPSA) is 126 Å². The molecule has 0 aliphatic carbocycles. The first-order chi connectivity index (χ1) is 17.9. The second-order valence-corrected chi connectivity index (χ2v) is 10.5. The molecule has 2 atom stereocenters. The van der Waals surface area contributed by atoms with Gasteiger partial charge in [-0.1, -0.05) is 30.3 Å². The highest BCUT2D eigenvalue weighted by Gasteiger charge is 2.43. The summed E-state index contributed by atoms with van der Waals surface area (Å²) in [6.45, 7) is 3.52. The van der Waals surface area contributed by atoms with Gasteiger partial charge in [-0.3, -0.25) is 9.69 Å². The lowest BCUT2D eigenvalue weighted by molar-refractivity contribution is -0.127. The molecule has 0 radical (unpaired) electrons. The average Bonchev–Trinajstić information content (AvgIpc) is 3.08. The van der Waals surface area contributed by atoms with Crippen LogP contribution in [0.1, 0.15) is 45.1 Å². The van der Waals surface area contributed by atoms with Crippen LogP contribution in [0, 0.1) is 11.3 Å². The van der Waals surface area contributed by atoms with E-state index in [1.54, 1.807) is 43.0 Å². The first-order valence-electron chi connectivity index (χ1n) is 12.8. The number of nitrogens with one attached hydrogen (secondary N) is 1. The molecule has 2 saturated heterocycles. The number of hydrogen-bond donors (Lipinski definition) is 3. The van der Waals surface area contributed by atoms with E-state index in [1.165, 1.54) is 11.0 Å². The molecule has 1 aromatic carbocycles. The van der Waals surface area contributed by atoms with Crippen molar-refractivity contribution in [1.29, 1.82) is 5.26 Å². The van der Waals surface area contributed by atoms with Crippen LogP contribution in [0.5, 0.6) is 0 Å². The summed E-state index contributed by atoms with van der Waals surface area (Å²) >= 11 is 0. The summed E-state index contributed by atoms with van der Waals surface area (Å²) in [5, 5.41) is 31.7. The largest absolute Gasteiger partial charge is 0.475 e. The number of rotatable bonds is 8. The minimum Gasteiger partial charge on any atom is -0.444 e. The lowest BCUT2D eigenvalue weighted by Crippen LogP contribution is -2.49. The lowest BCUT2D eigenvalue weighted by atomic mass is 9.76. The molecule has 2 aliphatic heterocycles. The zero-order chi connectivity index (χ0) is 27.9. The van der Waals surface area contributed by atoms with E-state index >= 15 is 0 Å². The van der Waals surface area contributed by atoms with Crippen molar-refractivity contribution in [2.75, 3.05) is 26.2 Å². The predicted octanol–water partition coefficient (Wildman–Crippen LogP) is 2.29. The van der Waals surface area contributed by atoms with Crippen molar-refractivity contribution >= 4 is 19.1 Å². The third-order valence-electron chi connectivity index (χ3n) is 6.98. The van der Waals surface area contributed by atoms with Crippen LogP contribution in [-0.2, 0) is 16.0 Å². The highest BCUT2D eigenvalue weighted by Crippen LogP contribution is 2.33. The maximum Gasteiger partial charge on any atom is 0.475 e. The molecular weight excluding hydrogens is 497 g/mol. The summed E-state index contributed by atoms with van der Waals surface area (Å²) in [4.78, 5) is 28.8. The highest BCUT2D eigenvalue weighted by molar-refractivity contribution is 6.43. The molecule has 206 valence electrons. The Balaban J connectivity index is 1.63. The number of likely N-dealkylation sites (tertiary alicyclic amines) is 2. The predicted molar refractivity (Wildman–Crippen MR) is 137 cm³/mol. The monoisotopic (exact) mass is 532 g/mol. The second kappa shape index (κ2) is 12.7. The Kier molecular flexibility index (Phi) is 9.87. The van der Waals surface area contributed by atoms with Gasteiger partial charge in [-0.05, 0) is 51.2 Å². The van der Waals surface area contributed by atoms with Crippen LogP contribution in [0.4, 0.5) is 13.6 Å². The summed E-state index contributed by atoms with van der Waals surface area (Å²) in [7, 11) is -1.81. The average molecular weight is 532 g/mol. The number of ether oxygens (including phenoxy) is 1. The van der Waals surface area contributed by atoms with Crippen molar-refractivity contribution in [3.8, 4) is 6.07 Å². The maximum absolute atomic E-state index is 13.7. The number of alkyl halides is 2. The van der Waals surface area contributed by atoms with Crippen LogP contribution in [0.25, 0.3) is 0 Å². The minimum atomic E-state index is -2.80. The third kappa shape index (κ3) is 8.25. The standard InChI is InChI=1S/C26H35BF2N4O5/c1-25(2,33-13-11-26(28,29)18-33)15-20(16-30)23(34)32-12-7-6-10-21(17-32)38-24(35)31-22(27(36)37)14-19-8-4-3-5-9-19/h3-5,8-9,15,21-22,36-37H,6-7,10-14,17-18H2,1-2H3,(H,31,35)/t21-,22-/m0/s1. The fraction of sp³-hybridized carbons (Fsp3) is 0.577. The Morgan fingerprint density at radius 3 is 2.61 bits per heavy atom. The lowest BCUT2D eigenvalue weighted by Gasteiger charge is -2.33. The summed E-state index contributed by atoms with van der Waals surface area (Å²) in [6.07, 6.45) is 1.64. The first-order valence-corrected chi connectivity index (χ1v) is 12.8. The van der Waals surface area contributed by atoms with Crippen LogP contribution < -0.4 is 5.32 Å². The third-order valence-corrected chi connectivity index (χ3v) is 6.98. The summed E-state index contributed by atoms with van der Waals surface area (Å²) in [6, 6.07) is 10.9. The van der Waals surface area contributed by atoms with E-state index < -0.39 is 49.2 Å². The van der Waals surface area contributed by atoms with Crippen LogP contribution >= 0.6 is 0 Å². The van der Waals surface area contributed by atoms with Gasteiger partial charge in [0.2, 0.25) is 0 Å². The summed E-state index contributed by atoms with van der Waals surface area (Å²) in [5.41, 5.74) is -0.281. The van der Waals surface area contributed by atoms with Crippen LogP contribution in [0.15, 0.2) is 42.0 Å². The fourth-order valence-corrected chi connectivity index (χ4v) is 4.80. The minimum absolute atomic E-state index is 0.0541. The number of carbonyl (C=O) groups excluding carboxylic acids is 2. The van der Waals surface area contributed by atoms with E-state index in [2.05, 4.69) is 5.32 Å². The summed E-state index contributed by atoms with van der Waals surface area (Å²) in [5.74, 6) is -4.35. The number of amides is 2. The Bertz CT molecular complexity index is 1050. The molecular formula is C26H35BF2N4O5. The van der Waals surface area contributed by atoms with Gasteiger partial charge in [-0.2, -0.15) is 5.26 Å². The molecule has 12 heteroatoms.